The topological polar surface area (TPSA) is 128 Å². The third-order valence-corrected chi connectivity index (χ3v) is 12.2. The van der Waals surface area contributed by atoms with Crippen LogP contribution in [0.1, 0.15) is 112 Å². The maximum atomic E-state index is 15.3. The summed E-state index contributed by atoms with van der Waals surface area (Å²) in [5.74, 6) is -0.476. The molecule has 1 aliphatic carbocycles. The first-order chi connectivity index (χ1) is 26.2. The van der Waals surface area contributed by atoms with Crippen LogP contribution in [-0.4, -0.2) is 58.4 Å². The Morgan fingerprint density at radius 3 is 2.29 bits per heavy atom. The van der Waals surface area contributed by atoms with Gasteiger partial charge in [0, 0.05) is 52.8 Å². The van der Waals surface area contributed by atoms with Crippen molar-refractivity contribution >= 4 is 23.1 Å². The number of hydrogen-bond donors (Lipinski definition) is 4. The number of fused-ring (bicyclic) bond motifs is 7. The van der Waals surface area contributed by atoms with Crippen molar-refractivity contribution in [3.05, 3.63) is 91.5 Å². The average molecular weight is 760 g/mol. The molecular weight excluding hydrogens is 707 g/mol. The van der Waals surface area contributed by atoms with E-state index in [0.29, 0.717) is 60.0 Å². The normalized spacial score (nSPS) is 28.6. The molecule has 294 valence electrons. The fourth-order valence-electron chi connectivity index (χ4n) is 8.98. The molecule has 0 saturated carbocycles. The highest BCUT2D eigenvalue weighted by Crippen LogP contribution is 2.48. The van der Waals surface area contributed by atoms with E-state index in [4.69, 9.17) is 19.7 Å². The number of alkyl halides is 3. The van der Waals surface area contributed by atoms with Gasteiger partial charge < -0.3 is 20.3 Å². The highest BCUT2D eigenvalue weighted by Gasteiger charge is 2.59. The molecule has 0 aromatic carbocycles. The fourth-order valence-corrected chi connectivity index (χ4v) is 8.98. The van der Waals surface area contributed by atoms with Gasteiger partial charge in [0.05, 0.1) is 40.8 Å². The third kappa shape index (κ3) is 7.16. The minimum Gasteiger partial charge on any atom is -0.511 e. The summed E-state index contributed by atoms with van der Waals surface area (Å²) in [5.41, 5.74) is 4.71. The third-order valence-electron chi connectivity index (χ3n) is 12.2. The van der Waals surface area contributed by atoms with Crippen molar-refractivity contribution in [1.29, 1.82) is 0 Å². The summed E-state index contributed by atoms with van der Waals surface area (Å²) >= 11 is 0. The maximum Gasteiger partial charge on any atom is 0.435 e. The number of carbonyl (C=O) groups is 1. The zero-order valence-corrected chi connectivity index (χ0v) is 32.5. The van der Waals surface area contributed by atoms with Crippen molar-refractivity contribution in [2.75, 3.05) is 13.2 Å². The van der Waals surface area contributed by atoms with Gasteiger partial charge in [-0.15, -0.1) is 0 Å². The molecule has 9 nitrogen and oxygen atoms in total. The van der Waals surface area contributed by atoms with Gasteiger partial charge in [-0.1, -0.05) is 52.4 Å². The van der Waals surface area contributed by atoms with Crippen LogP contribution in [-0.2, 0) is 9.53 Å². The predicted molar refractivity (Wildman–Crippen MR) is 208 cm³/mol. The summed E-state index contributed by atoms with van der Waals surface area (Å²) in [4.78, 5) is 27.9. The van der Waals surface area contributed by atoms with Gasteiger partial charge in [0.15, 0.2) is 0 Å². The lowest BCUT2D eigenvalue weighted by Gasteiger charge is -2.34. The maximum absolute atomic E-state index is 15.3. The zero-order valence-electron chi connectivity index (χ0n) is 32.5. The number of nitrogens with one attached hydrogen (secondary N) is 2. The molecular formula is C43H52F3N5O4. The quantitative estimate of drug-likeness (QED) is 0.198. The fraction of sp³-hybridized carbons (Fsp3) is 0.535. The molecule has 7 aliphatic rings. The minimum atomic E-state index is -5.07. The first-order valence-corrected chi connectivity index (χ1v) is 19.9. The lowest BCUT2D eigenvalue weighted by molar-refractivity contribution is -0.255. The molecule has 0 amide bonds. The molecule has 7 rings (SSSR count). The summed E-state index contributed by atoms with van der Waals surface area (Å²) in [7, 11) is 0. The summed E-state index contributed by atoms with van der Waals surface area (Å²) in [6.07, 6.45) is 8.34. The smallest absolute Gasteiger partial charge is 0.435 e. The van der Waals surface area contributed by atoms with Crippen LogP contribution in [0.25, 0.3) is 0 Å². The van der Waals surface area contributed by atoms with E-state index in [1.165, 1.54) is 0 Å². The molecule has 1 unspecified atom stereocenters. The first kappa shape index (κ1) is 39.0. The average Bonchev–Trinajstić information content (AvgIpc) is 3.89. The molecule has 0 radical (unpaired) electrons. The van der Waals surface area contributed by atoms with E-state index in [1.807, 2.05) is 33.8 Å². The number of aliphatic hydroxyl groups is 2. The van der Waals surface area contributed by atoms with Crippen LogP contribution >= 0.6 is 0 Å². The zero-order chi connectivity index (χ0) is 39.2. The summed E-state index contributed by atoms with van der Waals surface area (Å²) in [5, 5.41) is 29.3. The van der Waals surface area contributed by atoms with E-state index in [-0.39, 0.29) is 65.5 Å². The molecule has 12 heteroatoms. The van der Waals surface area contributed by atoms with E-state index >= 15 is 13.2 Å². The van der Waals surface area contributed by atoms with Crippen molar-refractivity contribution in [1.82, 2.24) is 10.6 Å². The van der Waals surface area contributed by atoms with Crippen LogP contribution < -0.4 is 10.6 Å². The highest BCUT2D eigenvalue weighted by molar-refractivity contribution is 6.21. The monoisotopic (exact) mass is 759 g/mol. The van der Waals surface area contributed by atoms with E-state index in [9.17, 15) is 15.0 Å². The first-order valence-electron chi connectivity index (χ1n) is 19.9. The Bertz CT molecular complexity index is 2040. The van der Waals surface area contributed by atoms with Gasteiger partial charge in [-0.05, 0) is 93.5 Å². The Hall–Kier alpha value is -4.29. The molecule has 3 atom stereocenters. The minimum absolute atomic E-state index is 0.0118. The van der Waals surface area contributed by atoms with Crippen LogP contribution in [0.5, 0.6) is 0 Å². The predicted octanol–water partition coefficient (Wildman–Crippen LogP) is 8.96. The Balaban J connectivity index is 1.42. The Kier molecular flexibility index (Phi) is 10.9. The molecule has 10 bridgehead atoms. The standard InChI is InChI=1S/C43H52F3N5O4/c1-6-27-23(2)30-22-35-39-26(5)33(49-35)20-31-24(3)28(40(50-31)29-19-36(52)38-25(4)32(51-41(29)38)21-34(27)48-30)15-16-37(53)55-18-14-12-10-8-7-9-11-13-17-47-42(39,54)43(44,45)46/h20-22,24,28,47,50,52,54H,6-19H2,1-5H3/t24-,28-,42?/m0/s1. The van der Waals surface area contributed by atoms with Crippen LogP contribution in [0.15, 0.2) is 106 Å². The second-order valence-electron chi connectivity index (χ2n) is 15.7. The summed E-state index contributed by atoms with van der Waals surface area (Å²) in [6.45, 7) is 9.74. The molecule has 6 aliphatic heterocycles. The highest BCUT2D eigenvalue weighted by atomic mass is 19.4. The second kappa shape index (κ2) is 15.3. The van der Waals surface area contributed by atoms with E-state index in [2.05, 4.69) is 10.6 Å². The van der Waals surface area contributed by atoms with Gasteiger partial charge in [0.2, 0.25) is 5.72 Å². The number of nitrogens with zero attached hydrogens (tertiary/aromatic N) is 3. The lowest BCUT2D eigenvalue weighted by atomic mass is 9.86. The van der Waals surface area contributed by atoms with Gasteiger partial charge in [0.1, 0.15) is 5.76 Å². The summed E-state index contributed by atoms with van der Waals surface area (Å²) < 4.78 is 51.5. The molecule has 0 aromatic heterocycles. The number of cyclic esters (lactones) is 1. The lowest BCUT2D eigenvalue weighted by Crippen LogP contribution is -2.59. The van der Waals surface area contributed by atoms with Crippen LogP contribution in [0.3, 0.4) is 0 Å². The summed E-state index contributed by atoms with van der Waals surface area (Å²) in [6, 6.07) is 0. The van der Waals surface area contributed by atoms with E-state index in [0.717, 1.165) is 72.9 Å². The van der Waals surface area contributed by atoms with Crippen LogP contribution in [0.4, 0.5) is 13.2 Å². The number of hydrogen-bond acceptors (Lipinski definition) is 9. The number of allylic oxidation sites excluding steroid dienone is 11. The van der Waals surface area contributed by atoms with Gasteiger partial charge in [-0.2, -0.15) is 13.2 Å². The number of aliphatic hydroxyl groups excluding tert-OH is 1. The van der Waals surface area contributed by atoms with Gasteiger partial charge in [-0.3, -0.25) is 10.1 Å². The van der Waals surface area contributed by atoms with Crippen LogP contribution in [0, 0.1) is 11.8 Å². The number of aliphatic imine (C=N–C) groups is 3. The Morgan fingerprint density at radius 1 is 0.909 bits per heavy atom. The SMILES string of the molecule is CCC1=C(C)C2=NC1=CC1=C(C)C3=C(O)CC(=C4NC5=CC6=NC(=C2)C(=C6C)C(O)(C(F)(F)F)NCCCCCCCCCCOC(=O)CC[C@H]4[C@@H]5C)C3=N1. The van der Waals surface area contributed by atoms with E-state index in [1.54, 1.807) is 19.1 Å². The van der Waals surface area contributed by atoms with Crippen molar-refractivity contribution in [2.24, 2.45) is 26.8 Å². The Morgan fingerprint density at radius 2 is 1.58 bits per heavy atom. The van der Waals surface area contributed by atoms with Gasteiger partial charge in [-0.25, -0.2) is 15.0 Å². The molecule has 55 heavy (non-hydrogen) atoms. The second-order valence-corrected chi connectivity index (χ2v) is 15.7. The molecule has 1 fully saturated rings. The molecule has 0 spiro atoms. The van der Waals surface area contributed by atoms with E-state index < -0.39 is 11.9 Å². The number of carbonyl (C=O) groups excluding carboxylic acids is 1. The molecule has 4 N–H and O–H groups in total. The van der Waals surface area contributed by atoms with Gasteiger partial charge in [0.25, 0.3) is 0 Å². The number of esters is 1. The van der Waals surface area contributed by atoms with Crippen molar-refractivity contribution in [3.63, 3.8) is 0 Å². The Labute approximate surface area is 321 Å². The largest absolute Gasteiger partial charge is 0.511 e. The number of halogens is 3. The van der Waals surface area contributed by atoms with Crippen LogP contribution in [0.2, 0.25) is 0 Å². The van der Waals surface area contributed by atoms with Crippen molar-refractivity contribution in [3.8, 4) is 0 Å². The molecule has 6 heterocycles. The number of ether oxygens (including phenoxy) is 1. The molecule has 1 saturated heterocycles. The molecule has 0 aromatic rings. The number of rotatable bonds is 1. The van der Waals surface area contributed by atoms with Crippen molar-refractivity contribution < 1.29 is 32.9 Å². The van der Waals surface area contributed by atoms with Crippen molar-refractivity contribution in [2.45, 2.75) is 124 Å². The van der Waals surface area contributed by atoms with Gasteiger partial charge >= 0.3 is 12.1 Å².